The molecule has 0 aliphatic carbocycles. The third-order valence-electron chi connectivity index (χ3n) is 3.63. The molecule has 0 fully saturated rings. The van der Waals surface area contributed by atoms with Crippen LogP contribution in [0.5, 0.6) is 5.75 Å². The number of nitrogens with one attached hydrogen (secondary N) is 1. The summed E-state index contributed by atoms with van der Waals surface area (Å²) in [6, 6.07) is 13.6. The number of aromatic nitrogens is 5. The molecular formula is C16H14N6O. The third kappa shape index (κ3) is 2.32. The predicted molar refractivity (Wildman–Crippen MR) is 87.1 cm³/mol. The molecule has 2 aromatic heterocycles. The second-order valence-electron chi connectivity index (χ2n) is 5.22. The van der Waals surface area contributed by atoms with Gasteiger partial charge in [-0.1, -0.05) is 6.07 Å². The fourth-order valence-corrected chi connectivity index (χ4v) is 2.46. The summed E-state index contributed by atoms with van der Waals surface area (Å²) in [5.41, 5.74) is 4.30. The topological polar surface area (TPSA) is 77.2 Å². The van der Waals surface area contributed by atoms with E-state index in [1.807, 2.05) is 49.4 Å². The van der Waals surface area contributed by atoms with Gasteiger partial charge in [0.25, 0.3) is 0 Å². The number of rotatable bonds is 3. The van der Waals surface area contributed by atoms with Crippen LogP contribution in [0.15, 0.2) is 42.5 Å². The summed E-state index contributed by atoms with van der Waals surface area (Å²) >= 11 is 0. The summed E-state index contributed by atoms with van der Waals surface area (Å²) in [5, 5.41) is 15.2. The van der Waals surface area contributed by atoms with Crippen LogP contribution < -0.4 is 10.1 Å². The van der Waals surface area contributed by atoms with Crippen LogP contribution >= 0.6 is 0 Å². The molecule has 0 aliphatic heterocycles. The van der Waals surface area contributed by atoms with Gasteiger partial charge in [-0.2, -0.15) is 4.52 Å². The van der Waals surface area contributed by atoms with E-state index in [0.29, 0.717) is 11.5 Å². The van der Waals surface area contributed by atoms with Crippen LogP contribution in [-0.2, 0) is 0 Å². The maximum absolute atomic E-state index is 5.17. The van der Waals surface area contributed by atoms with E-state index in [9.17, 15) is 0 Å². The highest BCUT2D eigenvalue weighted by atomic mass is 16.5. The fraction of sp³-hybridized carbons (Fsp3) is 0.125. The highest BCUT2D eigenvalue weighted by Gasteiger charge is 2.12. The number of benzene rings is 2. The zero-order valence-electron chi connectivity index (χ0n) is 12.7. The molecule has 7 nitrogen and oxygen atoms in total. The van der Waals surface area contributed by atoms with Crippen LogP contribution in [-0.4, -0.2) is 32.1 Å². The Bertz CT molecular complexity index is 993. The molecule has 23 heavy (non-hydrogen) atoms. The van der Waals surface area contributed by atoms with Gasteiger partial charge in [-0.05, 0) is 59.3 Å². The highest BCUT2D eigenvalue weighted by Crippen LogP contribution is 2.24. The van der Waals surface area contributed by atoms with Crippen LogP contribution in [0.1, 0.15) is 5.56 Å². The first-order valence-corrected chi connectivity index (χ1v) is 7.14. The van der Waals surface area contributed by atoms with Gasteiger partial charge in [0.1, 0.15) is 5.75 Å². The third-order valence-corrected chi connectivity index (χ3v) is 3.63. The Kier molecular flexibility index (Phi) is 3.04. The van der Waals surface area contributed by atoms with E-state index in [0.717, 1.165) is 28.0 Å². The van der Waals surface area contributed by atoms with Gasteiger partial charge < -0.3 is 10.1 Å². The van der Waals surface area contributed by atoms with E-state index in [2.05, 4.69) is 25.8 Å². The molecule has 0 radical (unpaired) electrons. The first kappa shape index (κ1) is 13.4. The second kappa shape index (κ2) is 5.20. The number of nitrogens with zero attached hydrogens (tertiary/aromatic N) is 5. The van der Waals surface area contributed by atoms with E-state index < -0.39 is 0 Å². The SMILES string of the molecule is COc1ccc(Nc2nc3ccc(C)cc3n3nnnc23)cc1. The van der Waals surface area contributed by atoms with Crippen molar-refractivity contribution in [3.63, 3.8) is 0 Å². The predicted octanol–water partition coefficient (Wildman–Crippen LogP) is 2.73. The number of tetrazole rings is 1. The van der Waals surface area contributed by atoms with Crippen molar-refractivity contribution in [2.75, 3.05) is 12.4 Å². The number of anilines is 2. The maximum Gasteiger partial charge on any atom is 0.222 e. The molecule has 4 rings (SSSR count). The average Bonchev–Trinajstić information content (AvgIpc) is 3.06. The Balaban J connectivity index is 1.84. The first-order valence-electron chi connectivity index (χ1n) is 7.14. The number of ether oxygens (including phenoxy) is 1. The van der Waals surface area contributed by atoms with Crippen molar-refractivity contribution >= 4 is 28.2 Å². The molecule has 114 valence electrons. The van der Waals surface area contributed by atoms with Gasteiger partial charge in [0.15, 0.2) is 5.82 Å². The van der Waals surface area contributed by atoms with Crippen molar-refractivity contribution in [2.45, 2.75) is 6.92 Å². The number of fused-ring (bicyclic) bond motifs is 3. The number of methoxy groups -OCH3 is 1. The molecule has 7 heteroatoms. The zero-order valence-corrected chi connectivity index (χ0v) is 12.7. The smallest absolute Gasteiger partial charge is 0.222 e. The Morgan fingerprint density at radius 2 is 1.91 bits per heavy atom. The van der Waals surface area contributed by atoms with Crippen molar-refractivity contribution < 1.29 is 4.74 Å². The van der Waals surface area contributed by atoms with E-state index in [1.165, 1.54) is 0 Å². The monoisotopic (exact) mass is 306 g/mol. The standard InChI is InChI=1S/C16H14N6O/c1-10-3-8-13-14(9-10)22-16(19-20-21-22)15(18-13)17-11-4-6-12(23-2)7-5-11/h3-9H,1-2H3,(H,17,18). The molecule has 0 saturated carbocycles. The van der Waals surface area contributed by atoms with Crippen molar-refractivity contribution in [3.8, 4) is 5.75 Å². The lowest BCUT2D eigenvalue weighted by molar-refractivity contribution is 0.415. The van der Waals surface area contributed by atoms with Crippen molar-refractivity contribution in [3.05, 3.63) is 48.0 Å². The molecule has 4 aromatic rings. The van der Waals surface area contributed by atoms with Gasteiger partial charge in [-0.25, -0.2) is 4.98 Å². The van der Waals surface area contributed by atoms with E-state index >= 15 is 0 Å². The van der Waals surface area contributed by atoms with Crippen LogP contribution in [0.2, 0.25) is 0 Å². The molecule has 1 N–H and O–H groups in total. The molecule has 2 heterocycles. The minimum absolute atomic E-state index is 0.582. The molecule has 0 amide bonds. The molecule has 0 saturated heterocycles. The minimum Gasteiger partial charge on any atom is -0.497 e. The van der Waals surface area contributed by atoms with Crippen molar-refractivity contribution in [1.29, 1.82) is 0 Å². The van der Waals surface area contributed by atoms with Gasteiger partial charge in [0.05, 0.1) is 18.1 Å². The summed E-state index contributed by atoms with van der Waals surface area (Å²) in [7, 11) is 1.64. The molecule has 0 spiro atoms. The van der Waals surface area contributed by atoms with Crippen LogP contribution in [0.4, 0.5) is 11.5 Å². The molecule has 0 bridgehead atoms. The van der Waals surface area contributed by atoms with Gasteiger partial charge >= 0.3 is 0 Å². The average molecular weight is 306 g/mol. The molecule has 2 aromatic carbocycles. The number of hydrogen-bond donors (Lipinski definition) is 1. The minimum atomic E-state index is 0.582. The van der Waals surface area contributed by atoms with E-state index in [4.69, 9.17) is 4.74 Å². The lowest BCUT2D eigenvalue weighted by atomic mass is 10.2. The summed E-state index contributed by atoms with van der Waals surface area (Å²) in [5.74, 6) is 1.41. The van der Waals surface area contributed by atoms with E-state index in [-0.39, 0.29) is 0 Å². The zero-order chi connectivity index (χ0) is 15.8. The Morgan fingerprint density at radius 3 is 2.70 bits per heavy atom. The molecule has 0 atom stereocenters. The Hall–Kier alpha value is -3.22. The Morgan fingerprint density at radius 1 is 1.09 bits per heavy atom. The van der Waals surface area contributed by atoms with Gasteiger partial charge in [-0.3, -0.25) is 0 Å². The summed E-state index contributed by atoms with van der Waals surface area (Å²) in [6.07, 6.45) is 0. The van der Waals surface area contributed by atoms with Gasteiger partial charge in [0, 0.05) is 5.69 Å². The lowest BCUT2D eigenvalue weighted by Crippen LogP contribution is -2.01. The highest BCUT2D eigenvalue weighted by molar-refractivity contribution is 5.84. The summed E-state index contributed by atoms with van der Waals surface area (Å²) in [4.78, 5) is 4.65. The largest absolute Gasteiger partial charge is 0.497 e. The van der Waals surface area contributed by atoms with Crippen LogP contribution in [0.3, 0.4) is 0 Å². The fourth-order valence-electron chi connectivity index (χ4n) is 2.46. The van der Waals surface area contributed by atoms with Gasteiger partial charge in [0.2, 0.25) is 5.65 Å². The molecule has 0 unspecified atom stereocenters. The Labute approximate surface area is 131 Å². The van der Waals surface area contributed by atoms with Crippen molar-refractivity contribution in [1.82, 2.24) is 25.0 Å². The van der Waals surface area contributed by atoms with Crippen LogP contribution in [0.25, 0.3) is 16.7 Å². The van der Waals surface area contributed by atoms with Gasteiger partial charge in [-0.15, -0.1) is 5.10 Å². The van der Waals surface area contributed by atoms with Crippen molar-refractivity contribution in [2.24, 2.45) is 0 Å². The molecular weight excluding hydrogens is 292 g/mol. The summed E-state index contributed by atoms with van der Waals surface area (Å²) < 4.78 is 6.86. The lowest BCUT2D eigenvalue weighted by Gasteiger charge is -2.09. The summed E-state index contributed by atoms with van der Waals surface area (Å²) in [6.45, 7) is 2.03. The normalized spacial score (nSPS) is 11.0. The molecule has 0 aliphatic rings. The van der Waals surface area contributed by atoms with E-state index in [1.54, 1.807) is 11.6 Å². The van der Waals surface area contributed by atoms with Crippen LogP contribution in [0, 0.1) is 6.92 Å². The maximum atomic E-state index is 5.17. The second-order valence-corrected chi connectivity index (χ2v) is 5.22. The number of hydrogen-bond acceptors (Lipinski definition) is 6. The first-order chi connectivity index (χ1) is 11.2. The number of aryl methyl sites for hydroxylation is 1. The quantitative estimate of drug-likeness (QED) is 0.627.